The fourth-order valence-corrected chi connectivity index (χ4v) is 1.90. The number of benzene rings is 1. The van der Waals surface area contributed by atoms with E-state index in [9.17, 15) is 0 Å². The summed E-state index contributed by atoms with van der Waals surface area (Å²) in [5, 5.41) is 1.14. The van der Waals surface area contributed by atoms with E-state index in [0.717, 1.165) is 28.9 Å². The van der Waals surface area contributed by atoms with Gasteiger partial charge in [-0.25, -0.2) is 0 Å². The molecule has 4 heteroatoms. The lowest BCUT2D eigenvalue weighted by atomic mass is 10.2. The standard InChI is InChI=1S/C13H17NO3/c1-15-7-6-14-5-4-10-8-12(16-2)13(17-3)9-11(10)14/h4-5,8-9H,6-7H2,1-3H3. The molecule has 2 aromatic rings. The first-order valence-electron chi connectivity index (χ1n) is 5.50. The van der Waals surface area contributed by atoms with Crippen molar-refractivity contribution in [2.24, 2.45) is 0 Å². The van der Waals surface area contributed by atoms with E-state index in [0.29, 0.717) is 6.61 Å². The van der Waals surface area contributed by atoms with Gasteiger partial charge in [0.25, 0.3) is 0 Å². The molecule has 0 saturated heterocycles. The molecule has 0 bridgehead atoms. The van der Waals surface area contributed by atoms with Crippen LogP contribution in [0.2, 0.25) is 0 Å². The molecule has 0 amide bonds. The van der Waals surface area contributed by atoms with Crippen molar-refractivity contribution in [1.82, 2.24) is 4.57 Å². The van der Waals surface area contributed by atoms with Crippen molar-refractivity contribution < 1.29 is 14.2 Å². The maximum Gasteiger partial charge on any atom is 0.162 e. The predicted molar refractivity (Wildman–Crippen MR) is 66.9 cm³/mol. The molecule has 0 aliphatic rings. The minimum absolute atomic E-state index is 0.693. The topological polar surface area (TPSA) is 32.6 Å². The fraction of sp³-hybridized carbons (Fsp3) is 0.385. The molecule has 0 unspecified atom stereocenters. The van der Waals surface area contributed by atoms with Crippen LogP contribution in [-0.4, -0.2) is 32.5 Å². The molecule has 0 fully saturated rings. The summed E-state index contributed by atoms with van der Waals surface area (Å²) in [4.78, 5) is 0. The molecular weight excluding hydrogens is 218 g/mol. The van der Waals surface area contributed by atoms with E-state index in [-0.39, 0.29) is 0 Å². The third kappa shape index (κ3) is 2.22. The van der Waals surface area contributed by atoms with E-state index in [4.69, 9.17) is 14.2 Å². The van der Waals surface area contributed by atoms with Crippen LogP contribution in [0.1, 0.15) is 0 Å². The first-order valence-corrected chi connectivity index (χ1v) is 5.50. The highest BCUT2D eigenvalue weighted by molar-refractivity contribution is 5.84. The summed E-state index contributed by atoms with van der Waals surface area (Å²) in [6.07, 6.45) is 2.04. The molecule has 2 rings (SSSR count). The molecule has 0 aliphatic heterocycles. The SMILES string of the molecule is COCCn1ccc2cc(OC)c(OC)cc21. The summed E-state index contributed by atoms with van der Waals surface area (Å²) in [5.74, 6) is 1.50. The van der Waals surface area contributed by atoms with Gasteiger partial charge in [0.15, 0.2) is 11.5 Å². The molecule has 0 spiro atoms. The van der Waals surface area contributed by atoms with Gasteiger partial charge in [-0.15, -0.1) is 0 Å². The summed E-state index contributed by atoms with van der Waals surface area (Å²) < 4.78 is 17.8. The van der Waals surface area contributed by atoms with Crippen molar-refractivity contribution in [3.8, 4) is 11.5 Å². The lowest BCUT2D eigenvalue weighted by Crippen LogP contribution is -2.02. The molecule has 0 radical (unpaired) electrons. The second kappa shape index (κ2) is 5.10. The van der Waals surface area contributed by atoms with Crippen molar-refractivity contribution in [3.05, 3.63) is 24.4 Å². The van der Waals surface area contributed by atoms with Crippen LogP contribution in [0.3, 0.4) is 0 Å². The molecule has 0 aliphatic carbocycles. The predicted octanol–water partition coefficient (Wildman–Crippen LogP) is 2.30. The second-order valence-corrected chi connectivity index (χ2v) is 3.77. The molecule has 4 nitrogen and oxygen atoms in total. The molecule has 17 heavy (non-hydrogen) atoms. The zero-order chi connectivity index (χ0) is 12.3. The van der Waals surface area contributed by atoms with Gasteiger partial charge in [0.2, 0.25) is 0 Å². The number of aromatic nitrogens is 1. The molecule has 1 aromatic heterocycles. The van der Waals surface area contributed by atoms with Gasteiger partial charge in [0.1, 0.15) is 0 Å². The molecular formula is C13H17NO3. The molecule has 0 saturated carbocycles. The van der Waals surface area contributed by atoms with Crippen LogP contribution in [0.5, 0.6) is 11.5 Å². The fourth-order valence-electron chi connectivity index (χ4n) is 1.90. The number of hydrogen-bond acceptors (Lipinski definition) is 3. The number of ether oxygens (including phenoxy) is 3. The summed E-state index contributed by atoms with van der Waals surface area (Å²) in [6.45, 7) is 1.52. The first-order chi connectivity index (χ1) is 8.30. The van der Waals surface area contributed by atoms with Crippen LogP contribution in [0, 0.1) is 0 Å². The Labute approximate surface area is 101 Å². The summed E-state index contributed by atoms with van der Waals surface area (Å²) in [7, 11) is 4.99. The Hall–Kier alpha value is -1.68. The van der Waals surface area contributed by atoms with Crippen LogP contribution in [0.4, 0.5) is 0 Å². The monoisotopic (exact) mass is 235 g/mol. The maximum atomic E-state index is 5.30. The summed E-state index contributed by atoms with van der Waals surface area (Å²) in [6, 6.07) is 6.04. The summed E-state index contributed by atoms with van der Waals surface area (Å²) >= 11 is 0. The third-order valence-electron chi connectivity index (χ3n) is 2.81. The number of methoxy groups -OCH3 is 3. The van der Waals surface area contributed by atoms with Crippen molar-refractivity contribution in [3.63, 3.8) is 0 Å². The Morgan fingerprint density at radius 2 is 1.76 bits per heavy atom. The molecule has 0 atom stereocenters. The Kier molecular flexibility index (Phi) is 3.54. The number of hydrogen-bond donors (Lipinski definition) is 0. The Balaban J connectivity index is 2.45. The average molecular weight is 235 g/mol. The van der Waals surface area contributed by atoms with Crippen LogP contribution < -0.4 is 9.47 Å². The van der Waals surface area contributed by atoms with Gasteiger partial charge in [-0.2, -0.15) is 0 Å². The van der Waals surface area contributed by atoms with Gasteiger partial charge >= 0.3 is 0 Å². The van der Waals surface area contributed by atoms with Crippen LogP contribution in [-0.2, 0) is 11.3 Å². The van der Waals surface area contributed by atoms with E-state index in [1.54, 1.807) is 21.3 Å². The summed E-state index contributed by atoms with van der Waals surface area (Å²) in [5.41, 5.74) is 1.12. The largest absolute Gasteiger partial charge is 0.493 e. The van der Waals surface area contributed by atoms with Crippen LogP contribution in [0.15, 0.2) is 24.4 Å². The van der Waals surface area contributed by atoms with E-state index in [1.165, 1.54) is 0 Å². The minimum Gasteiger partial charge on any atom is -0.493 e. The lowest BCUT2D eigenvalue weighted by molar-refractivity contribution is 0.188. The van der Waals surface area contributed by atoms with E-state index < -0.39 is 0 Å². The number of fused-ring (bicyclic) bond motifs is 1. The normalized spacial score (nSPS) is 10.8. The first kappa shape index (κ1) is 11.8. The van der Waals surface area contributed by atoms with E-state index in [1.807, 2.05) is 18.3 Å². The zero-order valence-electron chi connectivity index (χ0n) is 10.4. The van der Waals surface area contributed by atoms with Gasteiger partial charge in [-0.1, -0.05) is 0 Å². The van der Waals surface area contributed by atoms with Crippen molar-refractivity contribution in [1.29, 1.82) is 0 Å². The molecule has 92 valence electrons. The van der Waals surface area contributed by atoms with Gasteiger partial charge in [0.05, 0.1) is 26.3 Å². The zero-order valence-corrected chi connectivity index (χ0v) is 10.4. The highest BCUT2D eigenvalue weighted by atomic mass is 16.5. The van der Waals surface area contributed by atoms with Gasteiger partial charge < -0.3 is 18.8 Å². The molecule has 0 N–H and O–H groups in total. The minimum atomic E-state index is 0.693. The Morgan fingerprint density at radius 1 is 1.06 bits per heavy atom. The van der Waals surface area contributed by atoms with Gasteiger partial charge in [0, 0.05) is 31.3 Å². The third-order valence-corrected chi connectivity index (χ3v) is 2.81. The Morgan fingerprint density at radius 3 is 2.41 bits per heavy atom. The maximum absolute atomic E-state index is 5.30. The van der Waals surface area contributed by atoms with Crippen molar-refractivity contribution in [2.75, 3.05) is 27.9 Å². The van der Waals surface area contributed by atoms with E-state index >= 15 is 0 Å². The highest BCUT2D eigenvalue weighted by Crippen LogP contribution is 2.32. The van der Waals surface area contributed by atoms with Crippen LogP contribution in [0.25, 0.3) is 10.9 Å². The smallest absolute Gasteiger partial charge is 0.162 e. The van der Waals surface area contributed by atoms with E-state index in [2.05, 4.69) is 10.6 Å². The van der Waals surface area contributed by atoms with Crippen molar-refractivity contribution >= 4 is 10.9 Å². The Bertz CT molecular complexity index is 505. The van der Waals surface area contributed by atoms with Gasteiger partial charge in [-0.3, -0.25) is 0 Å². The van der Waals surface area contributed by atoms with Crippen LogP contribution >= 0.6 is 0 Å². The molecule has 1 aromatic carbocycles. The lowest BCUT2D eigenvalue weighted by Gasteiger charge is -2.09. The number of nitrogens with zero attached hydrogens (tertiary/aromatic N) is 1. The van der Waals surface area contributed by atoms with Crippen molar-refractivity contribution in [2.45, 2.75) is 6.54 Å². The average Bonchev–Trinajstić information content (AvgIpc) is 2.76. The molecule has 1 heterocycles. The van der Waals surface area contributed by atoms with Gasteiger partial charge in [-0.05, 0) is 12.1 Å². The number of rotatable bonds is 5. The quantitative estimate of drug-likeness (QED) is 0.797. The second-order valence-electron chi connectivity index (χ2n) is 3.77. The highest BCUT2D eigenvalue weighted by Gasteiger charge is 2.08.